The number of carbonyl (C=O) groups excluding carboxylic acids is 2. The van der Waals surface area contributed by atoms with E-state index in [4.69, 9.17) is 9.47 Å². The molecular weight excluding hydrogens is 765 g/mol. The minimum absolute atomic E-state index is 0.0791. The number of allylic oxidation sites excluding steroid dienone is 16. The van der Waals surface area contributed by atoms with Crippen molar-refractivity contribution in [1.82, 2.24) is 0 Å². The van der Waals surface area contributed by atoms with Gasteiger partial charge in [0, 0.05) is 12.8 Å². The Hall–Kier alpha value is -3.18. The number of aliphatic hydroxyl groups is 1. The summed E-state index contributed by atoms with van der Waals surface area (Å²) in [6.07, 6.45) is 73.5. The van der Waals surface area contributed by atoms with Gasteiger partial charge in [0.1, 0.15) is 6.61 Å². The zero-order valence-electron chi connectivity index (χ0n) is 40.4. The van der Waals surface area contributed by atoms with Crippen LogP contribution in [0.15, 0.2) is 97.2 Å². The highest BCUT2D eigenvalue weighted by molar-refractivity contribution is 5.70. The van der Waals surface area contributed by atoms with Crippen molar-refractivity contribution in [2.24, 2.45) is 0 Å². The largest absolute Gasteiger partial charge is 0.462 e. The molecule has 354 valence electrons. The summed E-state index contributed by atoms with van der Waals surface area (Å²) in [7, 11) is 0. The van der Waals surface area contributed by atoms with Crippen LogP contribution in [0.2, 0.25) is 0 Å². The van der Waals surface area contributed by atoms with Crippen LogP contribution in [0.5, 0.6) is 0 Å². The first-order valence-corrected chi connectivity index (χ1v) is 25.8. The van der Waals surface area contributed by atoms with E-state index in [0.717, 1.165) is 103 Å². The minimum atomic E-state index is -0.790. The lowest BCUT2D eigenvalue weighted by molar-refractivity contribution is -0.161. The maximum atomic E-state index is 12.3. The molecule has 0 aliphatic heterocycles. The minimum Gasteiger partial charge on any atom is -0.462 e. The van der Waals surface area contributed by atoms with Crippen LogP contribution in [0.4, 0.5) is 0 Å². The molecule has 0 fully saturated rings. The van der Waals surface area contributed by atoms with Gasteiger partial charge >= 0.3 is 11.9 Å². The quantitative estimate of drug-likeness (QED) is 0.0375. The Morgan fingerprint density at radius 2 is 0.694 bits per heavy atom. The third-order valence-corrected chi connectivity index (χ3v) is 10.9. The van der Waals surface area contributed by atoms with Gasteiger partial charge in [-0.25, -0.2) is 0 Å². The average Bonchev–Trinajstić information content (AvgIpc) is 3.28. The van der Waals surface area contributed by atoms with Crippen LogP contribution in [0.3, 0.4) is 0 Å². The molecule has 5 heteroatoms. The molecule has 0 saturated carbocycles. The Morgan fingerprint density at radius 3 is 1.05 bits per heavy atom. The van der Waals surface area contributed by atoms with E-state index in [0.29, 0.717) is 12.8 Å². The van der Waals surface area contributed by atoms with E-state index in [2.05, 4.69) is 111 Å². The number of hydrogen-bond donors (Lipinski definition) is 1. The number of rotatable bonds is 46. The van der Waals surface area contributed by atoms with Crippen molar-refractivity contribution in [1.29, 1.82) is 0 Å². The van der Waals surface area contributed by atoms with Crippen molar-refractivity contribution in [3.05, 3.63) is 97.2 Å². The summed E-state index contributed by atoms with van der Waals surface area (Å²) in [4.78, 5) is 24.4. The summed E-state index contributed by atoms with van der Waals surface area (Å²) in [5.41, 5.74) is 0. The van der Waals surface area contributed by atoms with Crippen molar-refractivity contribution in [2.45, 2.75) is 238 Å². The summed E-state index contributed by atoms with van der Waals surface area (Å²) in [5.74, 6) is -0.618. The lowest BCUT2D eigenvalue weighted by Crippen LogP contribution is -2.28. The van der Waals surface area contributed by atoms with Gasteiger partial charge in [-0.05, 0) is 77.0 Å². The van der Waals surface area contributed by atoms with E-state index in [1.165, 1.54) is 103 Å². The maximum absolute atomic E-state index is 12.3. The van der Waals surface area contributed by atoms with Crippen molar-refractivity contribution < 1.29 is 24.2 Å². The fraction of sp³-hybridized carbons (Fsp3) is 0.684. The second-order valence-electron chi connectivity index (χ2n) is 16.9. The Kier molecular flexibility index (Phi) is 49.5. The fourth-order valence-corrected chi connectivity index (χ4v) is 7.04. The summed E-state index contributed by atoms with van der Waals surface area (Å²) in [5, 5.41) is 9.62. The predicted molar refractivity (Wildman–Crippen MR) is 269 cm³/mol. The van der Waals surface area contributed by atoms with Crippen molar-refractivity contribution in [3.8, 4) is 0 Å². The van der Waals surface area contributed by atoms with Crippen LogP contribution in [0.1, 0.15) is 232 Å². The molecule has 0 spiro atoms. The first kappa shape index (κ1) is 58.8. The second-order valence-corrected chi connectivity index (χ2v) is 16.9. The Labute approximate surface area is 383 Å². The third-order valence-electron chi connectivity index (χ3n) is 10.9. The van der Waals surface area contributed by atoms with Crippen LogP contribution >= 0.6 is 0 Å². The van der Waals surface area contributed by atoms with E-state index in [1.807, 2.05) is 0 Å². The maximum Gasteiger partial charge on any atom is 0.306 e. The van der Waals surface area contributed by atoms with Crippen molar-refractivity contribution in [3.63, 3.8) is 0 Å². The highest BCUT2D eigenvalue weighted by Crippen LogP contribution is 2.15. The SMILES string of the molecule is CC/C=C\C/C=C\C/C=C\C/C=C\C/C=C\C/C=C\C/C=C\C/C=C\CCCCCCC(=O)OC(CO)COC(=O)CCCCCCCCCCCCCCCCCCCCC. The molecule has 0 aromatic heterocycles. The van der Waals surface area contributed by atoms with Crippen LogP contribution in [0, 0.1) is 0 Å². The molecule has 5 nitrogen and oxygen atoms in total. The molecular formula is C57H96O5. The molecule has 62 heavy (non-hydrogen) atoms. The molecule has 0 aromatic rings. The molecule has 0 rings (SSSR count). The Balaban J connectivity index is 3.62. The molecule has 0 saturated heterocycles. The van der Waals surface area contributed by atoms with E-state index < -0.39 is 6.10 Å². The van der Waals surface area contributed by atoms with Gasteiger partial charge in [-0.2, -0.15) is 0 Å². The predicted octanol–water partition coefficient (Wildman–Crippen LogP) is 17.2. The zero-order valence-corrected chi connectivity index (χ0v) is 40.4. The average molecular weight is 861 g/mol. The molecule has 0 amide bonds. The number of carbonyl (C=O) groups is 2. The molecule has 0 aliphatic carbocycles. The smallest absolute Gasteiger partial charge is 0.306 e. The van der Waals surface area contributed by atoms with Gasteiger partial charge < -0.3 is 14.6 Å². The first-order chi connectivity index (χ1) is 30.6. The highest BCUT2D eigenvalue weighted by Gasteiger charge is 2.16. The number of esters is 2. The van der Waals surface area contributed by atoms with E-state index in [1.54, 1.807) is 0 Å². The molecule has 0 radical (unpaired) electrons. The number of hydrogen-bond acceptors (Lipinski definition) is 5. The van der Waals surface area contributed by atoms with Gasteiger partial charge in [-0.15, -0.1) is 0 Å². The fourth-order valence-electron chi connectivity index (χ4n) is 7.04. The number of ether oxygens (including phenoxy) is 2. The molecule has 1 N–H and O–H groups in total. The summed E-state index contributed by atoms with van der Waals surface area (Å²) >= 11 is 0. The van der Waals surface area contributed by atoms with Crippen LogP contribution in [0.25, 0.3) is 0 Å². The van der Waals surface area contributed by atoms with E-state index >= 15 is 0 Å². The topological polar surface area (TPSA) is 72.8 Å². The molecule has 1 unspecified atom stereocenters. The lowest BCUT2D eigenvalue weighted by Gasteiger charge is -2.15. The molecule has 0 heterocycles. The third kappa shape index (κ3) is 49.5. The van der Waals surface area contributed by atoms with Crippen LogP contribution < -0.4 is 0 Å². The molecule has 0 aliphatic rings. The summed E-state index contributed by atoms with van der Waals surface area (Å²) < 4.78 is 10.7. The van der Waals surface area contributed by atoms with Gasteiger partial charge in [-0.3, -0.25) is 9.59 Å². The van der Waals surface area contributed by atoms with Crippen LogP contribution in [-0.4, -0.2) is 36.4 Å². The van der Waals surface area contributed by atoms with Gasteiger partial charge in [-0.1, -0.05) is 239 Å². The van der Waals surface area contributed by atoms with E-state index in [-0.39, 0.29) is 25.2 Å². The Bertz CT molecular complexity index is 1200. The zero-order chi connectivity index (χ0) is 44.9. The number of unbranched alkanes of at least 4 members (excludes halogenated alkanes) is 22. The standard InChI is InChI=1S/C57H96O5/c1-3-5-7-9-11-13-15-17-19-21-23-24-25-26-27-28-29-30-31-32-34-36-38-40-42-44-46-48-50-52-57(60)62-55(53-58)54-61-56(59)51-49-47-45-43-41-39-37-35-33-22-20-18-16-14-12-10-8-6-4-2/h5,7,11,13,17,19,23-24,26-27,29-30,32,34,38,40,55,58H,3-4,6,8-10,12,14-16,18,20-22,25,28,31,33,35-37,39,41-54H2,1-2H3/b7-5-,13-11-,19-17-,24-23-,27-26-,30-29-,34-32-,40-38-. The van der Waals surface area contributed by atoms with Gasteiger partial charge in [0.25, 0.3) is 0 Å². The van der Waals surface area contributed by atoms with Gasteiger partial charge in [0.15, 0.2) is 6.10 Å². The van der Waals surface area contributed by atoms with Gasteiger partial charge in [0.05, 0.1) is 6.61 Å². The number of aliphatic hydroxyl groups excluding tert-OH is 1. The van der Waals surface area contributed by atoms with Crippen molar-refractivity contribution in [2.75, 3.05) is 13.2 Å². The van der Waals surface area contributed by atoms with Gasteiger partial charge in [0.2, 0.25) is 0 Å². The second kappa shape index (κ2) is 52.2. The highest BCUT2D eigenvalue weighted by atomic mass is 16.6. The molecule has 0 aromatic carbocycles. The molecule has 1 atom stereocenters. The lowest BCUT2D eigenvalue weighted by atomic mass is 10.0. The monoisotopic (exact) mass is 861 g/mol. The van der Waals surface area contributed by atoms with E-state index in [9.17, 15) is 14.7 Å². The first-order valence-electron chi connectivity index (χ1n) is 25.8. The summed E-state index contributed by atoms with van der Waals surface area (Å²) in [6, 6.07) is 0. The molecule has 0 bridgehead atoms. The summed E-state index contributed by atoms with van der Waals surface area (Å²) in [6.45, 7) is 4.02. The Morgan fingerprint density at radius 1 is 0.387 bits per heavy atom. The van der Waals surface area contributed by atoms with Crippen LogP contribution in [-0.2, 0) is 19.1 Å². The normalized spacial score (nSPS) is 13.0. The van der Waals surface area contributed by atoms with Crippen molar-refractivity contribution >= 4 is 11.9 Å².